The molecule has 0 spiro atoms. The van der Waals surface area contributed by atoms with Crippen LogP contribution >= 0.6 is 11.6 Å². The quantitative estimate of drug-likeness (QED) is 0.628. The maximum atomic E-state index is 6.16. The molecule has 0 atom stereocenters. The van der Waals surface area contributed by atoms with E-state index in [2.05, 4.69) is 60.6 Å². The molecule has 0 bridgehead atoms. The highest BCUT2D eigenvalue weighted by molar-refractivity contribution is 6.31. The summed E-state index contributed by atoms with van der Waals surface area (Å²) >= 11 is 6.16. The predicted octanol–water partition coefficient (Wildman–Crippen LogP) is 5.01. The highest BCUT2D eigenvalue weighted by Gasteiger charge is 2.13. The molecule has 0 aliphatic carbocycles. The second-order valence-corrected chi connectivity index (χ2v) is 6.55. The highest BCUT2D eigenvalue weighted by Crippen LogP contribution is 2.27. The number of aryl methyl sites for hydroxylation is 1. The Hall–Kier alpha value is -1.84. The van der Waals surface area contributed by atoms with Gasteiger partial charge in [0, 0.05) is 23.7 Å². The van der Waals surface area contributed by atoms with Gasteiger partial charge in [0.05, 0.1) is 11.0 Å². The minimum Gasteiger partial charge on any atom is -0.323 e. The number of likely N-dealkylation sites (N-methyl/N-ethyl adjacent to an activating group) is 1. The second kappa shape index (κ2) is 7.37. The van der Waals surface area contributed by atoms with Crippen molar-refractivity contribution in [1.29, 1.82) is 0 Å². The molecule has 0 radical (unpaired) electrons. The summed E-state index contributed by atoms with van der Waals surface area (Å²) in [5.74, 6) is 1.01. The Morgan fingerprint density at radius 3 is 2.42 bits per heavy atom. The van der Waals surface area contributed by atoms with Crippen molar-refractivity contribution in [3.8, 4) is 11.4 Å². The van der Waals surface area contributed by atoms with E-state index in [1.807, 2.05) is 12.1 Å². The Bertz CT molecular complexity index is 817. The monoisotopic (exact) mass is 341 g/mol. The molecule has 4 heteroatoms. The third kappa shape index (κ3) is 3.47. The molecule has 3 nitrogen and oxygen atoms in total. The molecule has 0 amide bonds. The molecule has 0 aliphatic heterocycles. The summed E-state index contributed by atoms with van der Waals surface area (Å²) in [5, 5.41) is 0.728. The Balaban J connectivity index is 2.05. The summed E-state index contributed by atoms with van der Waals surface area (Å²) in [5.41, 5.74) is 4.50. The van der Waals surface area contributed by atoms with Gasteiger partial charge in [0.2, 0.25) is 0 Å². The van der Waals surface area contributed by atoms with Gasteiger partial charge in [-0.25, -0.2) is 4.98 Å². The Morgan fingerprint density at radius 1 is 1.04 bits per heavy atom. The molecule has 126 valence electrons. The molecule has 0 aliphatic rings. The smallest absolute Gasteiger partial charge is 0.141 e. The summed E-state index contributed by atoms with van der Waals surface area (Å²) in [6.07, 6.45) is 0. The van der Waals surface area contributed by atoms with Crippen LogP contribution in [-0.4, -0.2) is 34.1 Å². The molecule has 3 rings (SSSR count). The van der Waals surface area contributed by atoms with Crippen LogP contribution in [0.15, 0.2) is 42.5 Å². The summed E-state index contributed by atoms with van der Waals surface area (Å²) in [6, 6.07) is 14.5. The summed E-state index contributed by atoms with van der Waals surface area (Å²) in [7, 11) is 0. The first-order valence-corrected chi connectivity index (χ1v) is 8.95. The Morgan fingerprint density at radius 2 is 1.75 bits per heavy atom. The molecule has 0 fully saturated rings. The highest BCUT2D eigenvalue weighted by atomic mass is 35.5. The molecule has 0 N–H and O–H groups in total. The maximum Gasteiger partial charge on any atom is 0.141 e. The van der Waals surface area contributed by atoms with Crippen molar-refractivity contribution in [2.24, 2.45) is 0 Å². The van der Waals surface area contributed by atoms with E-state index in [1.165, 1.54) is 5.56 Å². The first-order chi connectivity index (χ1) is 11.6. The van der Waals surface area contributed by atoms with E-state index < -0.39 is 0 Å². The van der Waals surface area contributed by atoms with E-state index >= 15 is 0 Å². The van der Waals surface area contributed by atoms with Crippen LogP contribution in [0.3, 0.4) is 0 Å². The van der Waals surface area contributed by atoms with Gasteiger partial charge < -0.3 is 9.47 Å². The number of aromatic nitrogens is 2. The van der Waals surface area contributed by atoms with E-state index in [0.29, 0.717) is 0 Å². The molecule has 2 aromatic carbocycles. The molecule has 0 saturated heterocycles. The number of benzene rings is 2. The van der Waals surface area contributed by atoms with Gasteiger partial charge in [-0.2, -0.15) is 0 Å². The van der Waals surface area contributed by atoms with Crippen LogP contribution in [-0.2, 0) is 6.54 Å². The fourth-order valence-electron chi connectivity index (χ4n) is 3.03. The van der Waals surface area contributed by atoms with Crippen LogP contribution in [0.2, 0.25) is 5.02 Å². The van der Waals surface area contributed by atoms with E-state index in [-0.39, 0.29) is 0 Å². The van der Waals surface area contributed by atoms with Gasteiger partial charge in [-0.15, -0.1) is 0 Å². The van der Waals surface area contributed by atoms with Crippen molar-refractivity contribution < 1.29 is 0 Å². The van der Waals surface area contributed by atoms with Gasteiger partial charge in [0.15, 0.2) is 0 Å². The zero-order valence-corrected chi connectivity index (χ0v) is 15.3. The number of imidazole rings is 1. The van der Waals surface area contributed by atoms with E-state index in [4.69, 9.17) is 16.6 Å². The SMILES string of the molecule is CCN(CC)CCn1c(-c2ccc(C)cc2)nc2cc(Cl)ccc21. The number of nitrogens with zero attached hydrogens (tertiary/aromatic N) is 3. The van der Waals surface area contributed by atoms with E-state index in [0.717, 1.165) is 53.6 Å². The lowest BCUT2D eigenvalue weighted by molar-refractivity contribution is 0.292. The Labute approximate surface area is 148 Å². The third-order valence-electron chi connectivity index (χ3n) is 4.55. The summed E-state index contributed by atoms with van der Waals surface area (Å²) in [4.78, 5) is 7.29. The number of rotatable bonds is 6. The van der Waals surface area contributed by atoms with Gasteiger partial charge in [0.25, 0.3) is 0 Å². The van der Waals surface area contributed by atoms with Gasteiger partial charge in [-0.3, -0.25) is 0 Å². The number of fused-ring (bicyclic) bond motifs is 1. The average molecular weight is 342 g/mol. The molecule has 1 aromatic heterocycles. The number of hydrogen-bond donors (Lipinski definition) is 0. The van der Waals surface area contributed by atoms with Gasteiger partial charge in [0.1, 0.15) is 5.82 Å². The van der Waals surface area contributed by atoms with Gasteiger partial charge in [-0.1, -0.05) is 55.3 Å². The van der Waals surface area contributed by atoms with Crippen LogP contribution in [0.5, 0.6) is 0 Å². The third-order valence-corrected chi connectivity index (χ3v) is 4.79. The lowest BCUT2D eigenvalue weighted by Crippen LogP contribution is -2.27. The lowest BCUT2D eigenvalue weighted by Gasteiger charge is -2.19. The first kappa shape index (κ1) is 17.0. The first-order valence-electron chi connectivity index (χ1n) is 8.57. The summed E-state index contributed by atoms with van der Waals surface area (Å²) < 4.78 is 2.31. The van der Waals surface area contributed by atoms with Crippen LogP contribution in [0.1, 0.15) is 19.4 Å². The standard InChI is InChI=1S/C20H24ClN3/c1-4-23(5-2)12-13-24-19-11-10-17(21)14-18(19)22-20(24)16-8-6-15(3)7-9-16/h6-11,14H,4-5,12-13H2,1-3H3. The molecule has 0 saturated carbocycles. The van der Waals surface area contributed by atoms with E-state index in [9.17, 15) is 0 Å². The second-order valence-electron chi connectivity index (χ2n) is 6.11. The fraction of sp³-hybridized carbons (Fsp3) is 0.350. The van der Waals surface area contributed by atoms with Crippen LogP contribution < -0.4 is 0 Å². The minimum atomic E-state index is 0.728. The molecule has 1 heterocycles. The van der Waals surface area contributed by atoms with Crippen LogP contribution in [0.25, 0.3) is 22.4 Å². The van der Waals surface area contributed by atoms with Crippen LogP contribution in [0.4, 0.5) is 0 Å². The zero-order valence-electron chi connectivity index (χ0n) is 14.6. The molecule has 0 unspecified atom stereocenters. The minimum absolute atomic E-state index is 0.728. The molecular formula is C20H24ClN3. The number of halogens is 1. The van der Waals surface area contributed by atoms with Crippen molar-refractivity contribution in [3.05, 3.63) is 53.1 Å². The maximum absolute atomic E-state index is 6.16. The zero-order chi connectivity index (χ0) is 17.1. The van der Waals surface area contributed by atoms with Gasteiger partial charge in [-0.05, 0) is 38.2 Å². The topological polar surface area (TPSA) is 21.1 Å². The molecule has 3 aromatic rings. The lowest BCUT2D eigenvalue weighted by atomic mass is 10.1. The average Bonchev–Trinajstić information content (AvgIpc) is 2.94. The van der Waals surface area contributed by atoms with Crippen LogP contribution in [0, 0.1) is 6.92 Å². The van der Waals surface area contributed by atoms with Crippen molar-refractivity contribution in [2.75, 3.05) is 19.6 Å². The normalized spacial score (nSPS) is 11.5. The predicted molar refractivity (Wildman–Crippen MR) is 103 cm³/mol. The molecule has 24 heavy (non-hydrogen) atoms. The summed E-state index contributed by atoms with van der Waals surface area (Å²) in [6.45, 7) is 10.6. The Kier molecular flexibility index (Phi) is 5.22. The molecular weight excluding hydrogens is 318 g/mol. The van der Waals surface area contributed by atoms with E-state index in [1.54, 1.807) is 0 Å². The van der Waals surface area contributed by atoms with Crippen molar-refractivity contribution in [1.82, 2.24) is 14.5 Å². The largest absolute Gasteiger partial charge is 0.323 e. The van der Waals surface area contributed by atoms with Gasteiger partial charge >= 0.3 is 0 Å². The van der Waals surface area contributed by atoms with Crippen molar-refractivity contribution >= 4 is 22.6 Å². The number of hydrogen-bond acceptors (Lipinski definition) is 2. The van der Waals surface area contributed by atoms with Crippen molar-refractivity contribution in [3.63, 3.8) is 0 Å². The van der Waals surface area contributed by atoms with Crippen molar-refractivity contribution in [2.45, 2.75) is 27.3 Å². The fourth-order valence-corrected chi connectivity index (χ4v) is 3.20.